The Kier molecular flexibility index (Phi) is 30.6. The molecule has 0 bridgehead atoms. The average molecular weight is 1000 g/mol. The fourth-order valence-corrected chi connectivity index (χ4v) is 9.11. The van der Waals surface area contributed by atoms with Gasteiger partial charge in [0, 0.05) is 13.1 Å². The van der Waals surface area contributed by atoms with Crippen LogP contribution in [0.25, 0.3) is 0 Å². The van der Waals surface area contributed by atoms with E-state index in [1.54, 1.807) is 62.3 Å². The van der Waals surface area contributed by atoms with Gasteiger partial charge in [0.05, 0.1) is 98.7 Å². The highest BCUT2D eigenvalue weighted by Crippen LogP contribution is 2.49. The Balaban J connectivity index is 7.25. The maximum absolute atomic E-state index is 14.5. The Morgan fingerprint density at radius 3 is 1.29 bits per heavy atom. The van der Waals surface area contributed by atoms with E-state index in [-0.39, 0.29) is 97.9 Å². The van der Waals surface area contributed by atoms with Crippen molar-refractivity contribution in [3.8, 4) is 0 Å². The lowest BCUT2D eigenvalue weighted by Crippen LogP contribution is -2.49. The summed E-state index contributed by atoms with van der Waals surface area (Å²) in [6.45, 7) is 19.7. The number of hydrazine groups is 1. The van der Waals surface area contributed by atoms with E-state index in [2.05, 4.69) is 10.9 Å². The van der Waals surface area contributed by atoms with Crippen molar-refractivity contribution < 1.29 is 81.4 Å². The van der Waals surface area contributed by atoms with Gasteiger partial charge in [-0.1, -0.05) is 47.0 Å². The van der Waals surface area contributed by atoms with Crippen LogP contribution in [0.4, 0.5) is 0 Å². The third-order valence-electron chi connectivity index (χ3n) is 12.4. The number of aliphatic hydroxyl groups is 1. The van der Waals surface area contributed by atoms with Crippen molar-refractivity contribution in [2.24, 2.45) is 44.8 Å². The molecule has 0 aliphatic carbocycles. The van der Waals surface area contributed by atoms with Gasteiger partial charge in [-0.05, 0) is 113 Å². The molecule has 3 N–H and O–H groups in total. The van der Waals surface area contributed by atoms with Crippen LogP contribution in [0, 0.1) is 44.8 Å². The molecule has 0 fully saturated rings. The SMILES string of the molecule is CCCCOC(=O)C(C)CC(C)(CC(C)(CC(C)(CC(CNNCC(CC(C)(CC(C)(C)C(=O)OCCO)C(=O)OC)C(=O)OC)C(=O)OCCCC)C(=O)OCC)C(=O)OCCCC)C(=O)OCC. The molecule has 406 valence electrons. The molecule has 19 heteroatoms. The number of ether oxygens (including phenoxy) is 8. The number of esters is 8. The van der Waals surface area contributed by atoms with Gasteiger partial charge in [0.25, 0.3) is 0 Å². The van der Waals surface area contributed by atoms with Crippen LogP contribution >= 0.6 is 0 Å². The second-order valence-corrected chi connectivity index (χ2v) is 20.2. The molecule has 0 saturated heterocycles. The predicted octanol–water partition coefficient (Wildman–Crippen LogP) is 6.38. The van der Waals surface area contributed by atoms with Gasteiger partial charge in [-0.15, -0.1) is 0 Å². The molecule has 70 heavy (non-hydrogen) atoms. The zero-order valence-corrected chi connectivity index (χ0v) is 45.1. The van der Waals surface area contributed by atoms with Crippen LogP contribution in [-0.4, -0.2) is 126 Å². The standard InChI is InChI=1S/C51H90N2O17/c1-15-20-24-67-39(55)36(6)28-48(9,44(60)65-18-4)34-51(12,46(62)69-26-22-17-3)35-50(11,45(61)66-19-5)30-38(41(57)68-25-21-16-2)32-53-52-31-37(40(56)63-13)29-49(10,43(59)64-14)33-47(7,8)42(58)70-27-23-54/h36-38,52-54H,15-35H2,1-14H3. The average Bonchev–Trinajstić information content (AvgIpc) is 3.30. The first kappa shape index (κ1) is 65.6. The molecule has 0 radical (unpaired) electrons. The minimum atomic E-state index is -1.60. The van der Waals surface area contributed by atoms with Crippen molar-refractivity contribution in [1.82, 2.24) is 10.9 Å². The van der Waals surface area contributed by atoms with Gasteiger partial charge in [0.1, 0.15) is 6.61 Å². The molecule has 19 nitrogen and oxygen atoms in total. The molecule has 7 unspecified atom stereocenters. The van der Waals surface area contributed by atoms with Crippen LogP contribution in [0.1, 0.15) is 160 Å². The molecule has 0 rings (SSSR count). The summed E-state index contributed by atoms with van der Waals surface area (Å²) < 4.78 is 43.7. The summed E-state index contributed by atoms with van der Waals surface area (Å²) in [5.74, 6) is -8.09. The molecule has 0 saturated carbocycles. The highest BCUT2D eigenvalue weighted by Gasteiger charge is 2.53. The Labute approximate surface area is 417 Å². The summed E-state index contributed by atoms with van der Waals surface area (Å²) in [6, 6.07) is 0. The van der Waals surface area contributed by atoms with E-state index in [1.807, 2.05) is 20.8 Å². The molecule has 0 aliphatic heterocycles. The normalized spacial score (nSPS) is 16.3. The molecule has 0 aliphatic rings. The van der Waals surface area contributed by atoms with E-state index >= 15 is 0 Å². The first-order chi connectivity index (χ1) is 32.8. The summed E-state index contributed by atoms with van der Waals surface area (Å²) in [7, 11) is 2.39. The van der Waals surface area contributed by atoms with Crippen LogP contribution in [0.15, 0.2) is 0 Å². The van der Waals surface area contributed by atoms with Crippen LogP contribution in [0.5, 0.6) is 0 Å². The number of hydrogen-bond donors (Lipinski definition) is 3. The van der Waals surface area contributed by atoms with Crippen molar-refractivity contribution in [2.45, 2.75) is 160 Å². The van der Waals surface area contributed by atoms with E-state index in [0.29, 0.717) is 19.3 Å². The Hall–Kier alpha value is -4.36. The van der Waals surface area contributed by atoms with Gasteiger partial charge in [-0.25, -0.2) is 0 Å². The van der Waals surface area contributed by atoms with E-state index in [4.69, 9.17) is 37.9 Å². The van der Waals surface area contributed by atoms with E-state index in [9.17, 15) is 43.5 Å². The van der Waals surface area contributed by atoms with Gasteiger partial charge in [0.15, 0.2) is 0 Å². The van der Waals surface area contributed by atoms with Gasteiger partial charge < -0.3 is 43.0 Å². The fraction of sp³-hybridized carbons (Fsp3) is 0.843. The van der Waals surface area contributed by atoms with Crippen LogP contribution in [0.3, 0.4) is 0 Å². The third-order valence-corrected chi connectivity index (χ3v) is 12.4. The molecule has 7 atom stereocenters. The molecular formula is C51H90N2O17. The number of methoxy groups -OCH3 is 2. The Morgan fingerprint density at radius 1 is 0.457 bits per heavy atom. The zero-order chi connectivity index (χ0) is 53.8. The van der Waals surface area contributed by atoms with Gasteiger partial charge in [-0.2, -0.15) is 0 Å². The quantitative estimate of drug-likeness (QED) is 0.0262. The lowest BCUT2D eigenvalue weighted by atomic mass is 9.62. The Bertz CT molecular complexity index is 1660. The van der Waals surface area contributed by atoms with Crippen molar-refractivity contribution in [2.75, 3.05) is 73.6 Å². The summed E-state index contributed by atoms with van der Waals surface area (Å²) in [4.78, 5) is 110. The van der Waals surface area contributed by atoms with Crippen LogP contribution < -0.4 is 10.9 Å². The molecule has 0 aromatic heterocycles. The smallest absolute Gasteiger partial charge is 0.311 e. The third kappa shape index (κ3) is 22.0. The first-order valence-corrected chi connectivity index (χ1v) is 25.0. The predicted molar refractivity (Wildman–Crippen MR) is 259 cm³/mol. The van der Waals surface area contributed by atoms with Gasteiger partial charge in [-0.3, -0.25) is 49.2 Å². The van der Waals surface area contributed by atoms with Crippen molar-refractivity contribution in [3.63, 3.8) is 0 Å². The van der Waals surface area contributed by atoms with E-state index in [0.717, 1.165) is 19.3 Å². The summed E-state index contributed by atoms with van der Waals surface area (Å²) >= 11 is 0. The molecular weight excluding hydrogens is 913 g/mol. The van der Waals surface area contributed by atoms with Crippen molar-refractivity contribution in [3.05, 3.63) is 0 Å². The van der Waals surface area contributed by atoms with Gasteiger partial charge in [0.2, 0.25) is 0 Å². The van der Waals surface area contributed by atoms with Crippen molar-refractivity contribution in [1.29, 1.82) is 0 Å². The highest BCUT2D eigenvalue weighted by atomic mass is 16.6. The minimum absolute atomic E-state index is 0.0243. The maximum Gasteiger partial charge on any atom is 0.311 e. The van der Waals surface area contributed by atoms with Crippen molar-refractivity contribution >= 4 is 47.8 Å². The summed E-state index contributed by atoms with van der Waals surface area (Å²) in [6.07, 6.45) is 3.06. The number of carbonyl (C=O) groups is 8. The number of carbonyl (C=O) groups excluding carboxylic acids is 8. The highest BCUT2D eigenvalue weighted by molar-refractivity contribution is 5.84. The zero-order valence-electron chi connectivity index (χ0n) is 45.1. The lowest BCUT2D eigenvalue weighted by Gasteiger charge is -2.42. The number of aliphatic hydroxyl groups excluding tert-OH is 1. The second kappa shape index (κ2) is 32.6. The largest absolute Gasteiger partial charge is 0.469 e. The minimum Gasteiger partial charge on any atom is -0.469 e. The fourth-order valence-electron chi connectivity index (χ4n) is 9.11. The van der Waals surface area contributed by atoms with Gasteiger partial charge >= 0.3 is 47.8 Å². The molecule has 0 amide bonds. The van der Waals surface area contributed by atoms with Crippen LogP contribution in [-0.2, 0) is 76.3 Å². The maximum atomic E-state index is 14.5. The lowest BCUT2D eigenvalue weighted by molar-refractivity contribution is -0.172. The number of hydrogen-bond acceptors (Lipinski definition) is 19. The Morgan fingerprint density at radius 2 is 0.857 bits per heavy atom. The first-order valence-electron chi connectivity index (χ1n) is 25.0. The topological polar surface area (TPSA) is 255 Å². The summed E-state index contributed by atoms with van der Waals surface area (Å²) in [5, 5.41) is 9.19. The molecule has 0 aromatic carbocycles. The van der Waals surface area contributed by atoms with Crippen LogP contribution in [0.2, 0.25) is 0 Å². The van der Waals surface area contributed by atoms with E-state index < -0.39 is 92.6 Å². The molecule has 0 aromatic rings. The molecule has 0 heterocycles. The number of unbranched alkanes of at least 4 members (excludes halogenated alkanes) is 3. The molecule has 0 spiro atoms. The number of rotatable bonds is 38. The second-order valence-electron chi connectivity index (χ2n) is 20.2. The monoisotopic (exact) mass is 1000 g/mol. The number of nitrogens with one attached hydrogen (secondary N) is 2. The summed E-state index contributed by atoms with van der Waals surface area (Å²) in [5.41, 5.74) is -1.35. The van der Waals surface area contributed by atoms with E-state index in [1.165, 1.54) is 14.2 Å².